The van der Waals surface area contributed by atoms with Gasteiger partial charge in [-0.3, -0.25) is 4.57 Å². The zero-order valence-corrected chi connectivity index (χ0v) is 20.6. The highest BCUT2D eigenvalue weighted by molar-refractivity contribution is 7.45. The van der Waals surface area contributed by atoms with E-state index in [0.29, 0.717) is 17.4 Å². The third-order valence-electron chi connectivity index (χ3n) is 4.74. The number of ether oxygens (including phenoxy) is 2. The fourth-order valence-electron chi connectivity index (χ4n) is 2.86. The predicted molar refractivity (Wildman–Crippen MR) is 116 cm³/mol. The summed E-state index contributed by atoms with van der Waals surface area (Å²) in [6.45, 7) is 2.51. The smallest absolute Gasteiger partial charge is 0.508 e. The van der Waals surface area contributed by atoms with Gasteiger partial charge in [0.05, 0.1) is 34.9 Å². The first-order valence-electron chi connectivity index (χ1n) is 11.2. The summed E-state index contributed by atoms with van der Waals surface area (Å²) >= 11 is 0. The minimum absolute atomic E-state index is 0.0330. The number of unbranched alkanes of at least 4 members (excludes halogenated alkanes) is 9. The molecule has 0 aliphatic carbocycles. The number of likely N-dealkylation sites (N-methyl/N-ethyl adjacent to an activating group) is 1. The molecule has 0 aliphatic rings. The van der Waals surface area contributed by atoms with Crippen molar-refractivity contribution in [2.45, 2.75) is 83.7 Å². The monoisotopic (exact) mass is 453 g/mol. The van der Waals surface area contributed by atoms with Crippen molar-refractivity contribution in [3.8, 4) is 0 Å². The normalized spacial score (nSPS) is 14.9. The fourth-order valence-corrected chi connectivity index (χ4v) is 3.59. The third kappa shape index (κ3) is 19.3. The van der Waals surface area contributed by atoms with Crippen LogP contribution in [0.4, 0.5) is 4.79 Å². The lowest BCUT2D eigenvalue weighted by molar-refractivity contribution is -0.870. The molecule has 0 rings (SSSR count). The topological polar surface area (TPSA) is 94.1 Å². The maximum Gasteiger partial charge on any atom is 0.508 e. The van der Waals surface area contributed by atoms with Gasteiger partial charge in [0, 0.05) is 0 Å². The van der Waals surface area contributed by atoms with E-state index in [-0.39, 0.29) is 13.2 Å². The molecule has 0 amide bonds. The molecule has 0 radical (unpaired) electrons. The van der Waals surface area contributed by atoms with Gasteiger partial charge < -0.3 is 27.9 Å². The van der Waals surface area contributed by atoms with Crippen LogP contribution in [0.2, 0.25) is 0 Å². The number of phosphoric ester groups is 1. The Labute approximate surface area is 183 Å². The molecule has 8 nitrogen and oxygen atoms in total. The van der Waals surface area contributed by atoms with Crippen LogP contribution in [0.15, 0.2) is 0 Å². The van der Waals surface area contributed by atoms with Crippen molar-refractivity contribution in [2.24, 2.45) is 0 Å². The van der Waals surface area contributed by atoms with E-state index in [4.69, 9.17) is 13.8 Å². The molecule has 0 aromatic carbocycles. The van der Waals surface area contributed by atoms with Crippen molar-refractivity contribution in [3.05, 3.63) is 0 Å². The van der Waals surface area contributed by atoms with Gasteiger partial charge in [-0.25, -0.2) is 4.79 Å². The molecule has 0 saturated carbocycles. The lowest BCUT2D eigenvalue weighted by atomic mass is 10.0. The Balaban J connectivity index is 4.13. The van der Waals surface area contributed by atoms with Crippen LogP contribution in [0, 0.1) is 0 Å². The highest BCUT2D eigenvalue weighted by Gasteiger charge is 2.20. The summed E-state index contributed by atoms with van der Waals surface area (Å²) in [7, 11) is 2.58. The zero-order valence-electron chi connectivity index (χ0n) is 19.7. The van der Waals surface area contributed by atoms with Crippen LogP contribution < -0.4 is 4.89 Å². The second-order valence-electron chi connectivity index (χ2n) is 8.75. The summed E-state index contributed by atoms with van der Waals surface area (Å²) in [4.78, 5) is 23.4. The number of phosphoric acid groups is 1. The molecule has 2 unspecified atom stereocenters. The van der Waals surface area contributed by atoms with Gasteiger partial charge in [0.1, 0.15) is 19.3 Å². The summed E-state index contributed by atoms with van der Waals surface area (Å²) in [5.41, 5.74) is 0. The van der Waals surface area contributed by atoms with E-state index in [1.54, 1.807) is 0 Å². The number of nitrogens with zero attached hydrogens (tertiary/aromatic N) is 1. The summed E-state index contributed by atoms with van der Waals surface area (Å²) in [5, 5.41) is 0. The number of hydrogen-bond acceptors (Lipinski definition) is 7. The minimum Gasteiger partial charge on any atom is -0.756 e. The van der Waals surface area contributed by atoms with Gasteiger partial charge in [0.15, 0.2) is 0 Å². The number of carbonyl (C=O) groups is 1. The first-order valence-corrected chi connectivity index (χ1v) is 12.7. The largest absolute Gasteiger partial charge is 0.756 e. The summed E-state index contributed by atoms with van der Waals surface area (Å²) in [5.74, 6) is 0. The molecule has 9 heteroatoms. The van der Waals surface area contributed by atoms with E-state index in [9.17, 15) is 14.3 Å². The molecular formula is C21H44NO7P. The Morgan fingerprint density at radius 1 is 0.933 bits per heavy atom. The summed E-state index contributed by atoms with van der Waals surface area (Å²) in [6, 6.07) is 0. The number of quaternary nitrogens is 1. The molecule has 0 spiro atoms. The molecule has 30 heavy (non-hydrogen) atoms. The third-order valence-corrected chi connectivity index (χ3v) is 5.70. The van der Waals surface area contributed by atoms with Gasteiger partial charge in [-0.1, -0.05) is 64.7 Å². The summed E-state index contributed by atoms with van der Waals surface area (Å²) < 4.78 is 32.0. The van der Waals surface area contributed by atoms with Crippen molar-refractivity contribution in [1.29, 1.82) is 0 Å². The highest BCUT2D eigenvalue weighted by atomic mass is 31.2. The van der Waals surface area contributed by atoms with E-state index in [0.717, 1.165) is 19.3 Å². The minimum atomic E-state index is -4.44. The highest BCUT2D eigenvalue weighted by Crippen LogP contribution is 2.38. The predicted octanol–water partition coefficient (Wildman–Crippen LogP) is 4.66. The second kappa shape index (κ2) is 17.0. The SMILES string of the molecule is CCCCCCCCCCCCC(COP(=O)([O-])OCC[N+](C)(C)C)OC(=O)OC. The molecule has 0 heterocycles. The lowest BCUT2D eigenvalue weighted by Gasteiger charge is -2.28. The van der Waals surface area contributed by atoms with Gasteiger partial charge in [-0.15, -0.1) is 0 Å². The average molecular weight is 454 g/mol. The second-order valence-corrected chi connectivity index (χ2v) is 10.2. The van der Waals surface area contributed by atoms with E-state index < -0.39 is 20.1 Å². The van der Waals surface area contributed by atoms with Crippen molar-refractivity contribution in [3.63, 3.8) is 0 Å². The number of rotatable bonds is 19. The van der Waals surface area contributed by atoms with Crippen molar-refractivity contribution < 1.29 is 37.3 Å². The van der Waals surface area contributed by atoms with Crippen LogP contribution in [-0.2, 0) is 23.1 Å². The first kappa shape index (κ1) is 29.3. The maximum atomic E-state index is 11.9. The van der Waals surface area contributed by atoms with Gasteiger partial charge in [-0.05, 0) is 12.8 Å². The maximum absolute atomic E-state index is 11.9. The Hall–Kier alpha value is -0.660. The van der Waals surface area contributed by atoms with Crippen LogP contribution in [-0.4, -0.2) is 64.8 Å². The molecule has 0 aromatic rings. The number of methoxy groups -OCH3 is 1. The fraction of sp³-hybridized carbons (Fsp3) is 0.952. The lowest BCUT2D eigenvalue weighted by Crippen LogP contribution is -2.37. The Bertz CT molecular complexity index is 482. The van der Waals surface area contributed by atoms with Gasteiger partial charge in [0.2, 0.25) is 0 Å². The molecule has 0 N–H and O–H groups in total. The number of hydrogen-bond donors (Lipinski definition) is 0. The molecule has 0 saturated heterocycles. The van der Waals surface area contributed by atoms with Crippen LogP contribution in [0.1, 0.15) is 77.6 Å². The van der Waals surface area contributed by atoms with Gasteiger partial charge in [-0.2, -0.15) is 0 Å². The molecule has 180 valence electrons. The Kier molecular flexibility index (Phi) is 16.6. The standard InChI is InChI=1S/C21H44NO7P/c1-6-7-8-9-10-11-12-13-14-15-16-20(29-21(23)26-5)19-28-30(24,25)27-18-17-22(2,3)4/h20H,6-19H2,1-5H3. The molecule has 2 atom stereocenters. The van der Waals surface area contributed by atoms with Crippen molar-refractivity contribution in [2.75, 3.05) is 48.0 Å². The van der Waals surface area contributed by atoms with Crippen molar-refractivity contribution in [1.82, 2.24) is 0 Å². The molecule has 0 fully saturated rings. The van der Waals surface area contributed by atoms with Gasteiger partial charge in [0.25, 0.3) is 7.82 Å². The van der Waals surface area contributed by atoms with E-state index in [1.807, 2.05) is 21.1 Å². The van der Waals surface area contributed by atoms with Crippen molar-refractivity contribution >= 4 is 14.0 Å². The molecule has 0 bridgehead atoms. The molecule has 0 aromatic heterocycles. The van der Waals surface area contributed by atoms with E-state index >= 15 is 0 Å². The van der Waals surface area contributed by atoms with E-state index in [2.05, 4.69) is 11.7 Å². The van der Waals surface area contributed by atoms with Crippen LogP contribution in [0.5, 0.6) is 0 Å². The Morgan fingerprint density at radius 3 is 1.97 bits per heavy atom. The van der Waals surface area contributed by atoms with Crippen LogP contribution >= 0.6 is 7.82 Å². The number of carbonyl (C=O) groups excluding carboxylic acids is 1. The molecular weight excluding hydrogens is 409 g/mol. The molecule has 0 aliphatic heterocycles. The van der Waals surface area contributed by atoms with Crippen LogP contribution in [0.3, 0.4) is 0 Å². The average Bonchev–Trinajstić information content (AvgIpc) is 2.66. The van der Waals surface area contributed by atoms with Crippen LogP contribution in [0.25, 0.3) is 0 Å². The quantitative estimate of drug-likeness (QED) is 0.122. The van der Waals surface area contributed by atoms with E-state index in [1.165, 1.54) is 52.1 Å². The Morgan fingerprint density at radius 2 is 1.47 bits per heavy atom. The first-order chi connectivity index (χ1) is 14.1. The van der Waals surface area contributed by atoms with Gasteiger partial charge >= 0.3 is 6.16 Å². The summed E-state index contributed by atoms with van der Waals surface area (Å²) in [6.07, 6.45) is 10.9. The zero-order chi connectivity index (χ0) is 22.9.